The summed E-state index contributed by atoms with van der Waals surface area (Å²) in [4.78, 5) is 14.5. The number of rotatable bonds is 5. The van der Waals surface area contributed by atoms with E-state index in [2.05, 4.69) is 15.3 Å². The molecule has 1 saturated heterocycles. The number of ether oxygens (including phenoxy) is 1. The van der Waals surface area contributed by atoms with Gasteiger partial charge in [0.25, 0.3) is 0 Å². The maximum Gasteiger partial charge on any atom is 0.239 e. The SMILES string of the molecule is CC(C)NC(=O)C1COCCN1C(CN)c1cnn(C)c1. The van der Waals surface area contributed by atoms with Crippen LogP contribution in [0.1, 0.15) is 25.5 Å². The smallest absolute Gasteiger partial charge is 0.239 e. The number of nitrogens with one attached hydrogen (secondary N) is 1. The summed E-state index contributed by atoms with van der Waals surface area (Å²) in [5.41, 5.74) is 6.99. The standard InChI is InChI=1S/C14H25N5O2/c1-10(2)17-14(20)13-9-21-5-4-19(13)12(6-15)11-7-16-18(3)8-11/h7-8,10,12-13H,4-6,9,15H2,1-3H3,(H,17,20). The van der Waals surface area contributed by atoms with E-state index in [0.29, 0.717) is 26.3 Å². The Bertz CT molecular complexity index is 474. The van der Waals surface area contributed by atoms with Gasteiger partial charge in [-0.05, 0) is 13.8 Å². The minimum atomic E-state index is -0.310. The maximum absolute atomic E-state index is 12.4. The van der Waals surface area contributed by atoms with Gasteiger partial charge >= 0.3 is 0 Å². The van der Waals surface area contributed by atoms with Crippen molar-refractivity contribution in [2.24, 2.45) is 12.8 Å². The summed E-state index contributed by atoms with van der Waals surface area (Å²) >= 11 is 0. The third-order valence-electron chi connectivity index (χ3n) is 3.64. The van der Waals surface area contributed by atoms with Crippen LogP contribution in [-0.2, 0) is 16.6 Å². The zero-order chi connectivity index (χ0) is 15.4. The van der Waals surface area contributed by atoms with Crippen molar-refractivity contribution in [2.75, 3.05) is 26.3 Å². The number of morpholine rings is 1. The van der Waals surface area contributed by atoms with Crippen molar-refractivity contribution in [3.63, 3.8) is 0 Å². The maximum atomic E-state index is 12.4. The summed E-state index contributed by atoms with van der Waals surface area (Å²) in [6, 6.07) is -0.226. The molecule has 1 aromatic rings. The fourth-order valence-corrected chi connectivity index (χ4v) is 2.67. The van der Waals surface area contributed by atoms with Gasteiger partial charge in [-0.1, -0.05) is 0 Å². The lowest BCUT2D eigenvalue weighted by atomic mass is 10.1. The van der Waals surface area contributed by atoms with Crippen LogP contribution < -0.4 is 11.1 Å². The van der Waals surface area contributed by atoms with Gasteiger partial charge in [0.2, 0.25) is 5.91 Å². The van der Waals surface area contributed by atoms with Crippen LogP contribution in [0.4, 0.5) is 0 Å². The van der Waals surface area contributed by atoms with Gasteiger partial charge in [-0.2, -0.15) is 5.10 Å². The Kier molecular flexibility index (Phi) is 5.33. The fraction of sp³-hybridized carbons (Fsp3) is 0.714. The number of hydrogen-bond donors (Lipinski definition) is 2. The van der Waals surface area contributed by atoms with Crippen LogP contribution in [-0.4, -0.2) is 59.0 Å². The summed E-state index contributed by atoms with van der Waals surface area (Å²) in [6.45, 7) is 6.04. The molecule has 1 amide bonds. The van der Waals surface area contributed by atoms with Crippen molar-refractivity contribution in [1.82, 2.24) is 20.0 Å². The number of nitrogens with two attached hydrogens (primary N) is 1. The highest BCUT2D eigenvalue weighted by Crippen LogP contribution is 2.23. The normalized spacial score (nSPS) is 21.5. The van der Waals surface area contributed by atoms with E-state index in [1.807, 2.05) is 33.3 Å². The van der Waals surface area contributed by atoms with Crippen LogP contribution >= 0.6 is 0 Å². The number of aryl methyl sites for hydroxylation is 1. The first kappa shape index (κ1) is 15.9. The number of hydrogen-bond acceptors (Lipinski definition) is 5. The molecular weight excluding hydrogens is 270 g/mol. The first-order valence-electron chi connectivity index (χ1n) is 7.35. The summed E-state index contributed by atoms with van der Waals surface area (Å²) in [6.07, 6.45) is 3.76. The Labute approximate surface area is 125 Å². The molecule has 3 N–H and O–H groups in total. The van der Waals surface area contributed by atoms with E-state index in [4.69, 9.17) is 10.5 Å². The molecule has 0 spiro atoms. The summed E-state index contributed by atoms with van der Waals surface area (Å²) in [5.74, 6) is -0.00737. The molecule has 0 aromatic carbocycles. The first-order valence-corrected chi connectivity index (χ1v) is 7.35. The zero-order valence-corrected chi connectivity index (χ0v) is 13.0. The highest BCUT2D eigenvalue weighted by atomic mass is 16.5. The highest BCUT2D eigenvalue weighted by molar-refractivity contribution is 5.82. The predicted molar refractivity (Wildman–Crippen MR) is 79.6 cm³/mol. The minimum absolute atomic E-state index is 0.00737. The van der Waals surface area contributed by atoms with Gasteiger partial charge < -0.3 is 15.8 Å². The molecule has 2 atom stereocenters. The van der Waals surface area contributed by atoms with E-state index in [1.54, 1.807) is 4.68 Å². The molecule has 7 heteroatoms. The zero-order valence-electron chi connectivity index (χ0n) is 13.0. The number of nitrogens with zero attached hydrogens (tertiary/aromatic N) is 3. The van der Waals surface area contributed by atoms with Crippen LogP contribution in [0.3, 0.4) is 0 Å². The number of carbonyl (C=O) groups excluding carboxylic acids is 1. The van der Waals surface area contributed by atoms with E-state index in [9.17, 15) is 4.79 Å². The molecule has 118 valence electrons. The monoisotopic (exact) mass is 295 g/mol. The Morgan fingerprint density at radius 1 is 1.62 bits per heavy atom. The average Bonchev–Trinajstić information content (AvgIpc) is 2.86. The van der Waals surface area contributed by atoms with E-state index < -0.39 is 0 Å². The van der Waals surface area contributed by atoms with Crippen molar-refractivity contribution in [2.45, 2.75) is 32.0 Å². The molecule has 0 saturated carbocycles. The quantitative estimate of drug-likeness (QED) is 0.775. The fourth-order valence-electron chi connectivity index (χ4n) is 2.67. The van der Waals surface area contributed by atoms with E-state index in [1.165, 1.54) is 0 Å². The molecule has 2 rings (SSSR count). The summed E-state index contributed by atoms with van der Waals surface area (Å²) in [5, 5.41) is 7.16. The molecule has 21 heavy (non-hydrogen) atoms. The van der Waals surface area contributed by atoms with Crippen LogP contribution in [0, 0.1) is 0 Å². The molecule has 0 aliphatic carbocycles. The Hall–Kier alpha value is -1.44. The predicted octanol–water partition coefficient (Wildman–Crippen LogP) is -0.355. The Balaban J connectivity index is 2.18. The van der Waals surface area contributed by atoms with Gasteiger partial charge in [-0.3, -0.25) is 14.4 Å². The molecular formula is C14H25N5O2. The lowest BCUT2D eigenvalue weighted by Crippen LogP contribution is -2.56. The average molecular weight is 295 g/mol. The molecule has 1 aliphatic heterocycles. The lowest BCUT2D eigenvalue weighted by molar-refractivity contribution is -0.135. The van der Waals surface area contributed by atoms with Crippen molar-refractivity contribution >= 4 is 5.91 Å². The van der Waals surface area contributed by atoms with E-state index >= 15 is 0 Å². The van der Waals surface area contributed by atoms with Crippen molar-refractivity contribution in [3.8, 4) is 0 Å². The van der Waals surface area contributed by atoms with Crippen molar-refractivity contribution in [1.29, 1.82) is 0 Å². The second kappa shape index (κ2) is 7.02. The van der Waals surface area contributed by atoms with Crippen LogP contribution in [0.2, 0.25) is 0 Å². The highest BCUT2D eigenvalue weighted by Gasteiger charge is 2.35. The first-order chi connectivity index (χ1) is 10.0. The molecule has 2 unspecified atom stereocenters. The lowest BCUT2D eigenvalue weighted by Gasteiger charge is -2.39. The van der Waals surface area contributed by atoms with Gasteiger partial charge in [0.15, 0.2) is 0 Å². The van der Waals surface area contributed by atoms with Crippen LogP contribution in [0.25, 0.3) is 0 Å². The van der Waals surface area contributed by atoms with Gasteiger partial charge in [-0.25, -0.2) is 0 Å². The van der Waals surface area contributed by atoms with Gasteiger partial charge in [0.05, 0.1) is 25.5 Å². The third-order valence-corrected chi connectivity index (χ3v) is 3.64. The summed E-state index contributed by atoms with van der Waals surface area (Å²) < 4.78 is 7.24. The van der Waals surface area contributed by atoms with Gasteiger partial charge in [0, 0.05) is 37.9 Å². The van der Waals surface area contributed by atoms with E-state index in [0.717, 1.165) is 5.56 Å². The molecule has 0 bridgehead atoms. The molecule has 7 nitrogen and oxygen atoms in total. The van der Waals surface area contributed by atoms with Crippen LogP contribution in [0.15, 0.2) is 12.4 Å². The Morgan fingerprint density at radius 2 is 2.38 bits per heavy atom. The van der Waals surface area contributed by atoms with Crippen molar-refractivity contribution in [3.05, 3.63) is 18.0 Å². The molecule has 1 aromatic heterocycles. The topological polar surface area (TPSA) is 85.4 Å². The second-order valence-electron chi connectivity index (χ2n) is 5.69. The van der Waals surface area contributed by atoms with Crippen molar-refractivity contribution < 1.29 is 9.53 Å². The third kappa shape index (κ3) is 3.81. The second-order valence-corrected chi connectivity index (χ2v) is 5.69. The molecule has 1 aliphatic rings. The van der Waals surface area contributed by atoms with Crippen LogP contribution in [0.5, 0.6) is 0 Å². The number of carbonyl (C=O) groups is 1. The molecule has 2 heterocycles. The number of amides is 1. The molecule has 0 radical (unpaired) electrons. The summed E-state index contributed by atoms with van der Waals surface area (Å²) in [7, 11) is 1.87. The Morgan fingerprint density at radius 3 is 2.95 bits per heavy atom. The minimum Gasteiger partial charge on any atom is -0.378 e. The van der Waals surface area contributed by atoms with Gasteiger partial charge in [-0.15, -0.1) is 0 Å². The number of aromatic nitrogens is 2. The van der Waals surface area contributed by atoms with E-state index in [-0.39, 0.29) is 24.0 Å². The van der Waals surface area contributed by atoms with Gasteiger partial charge in [0.1, 0.15) is 6.04 Å². The largest absolute Gasteiger partial charge is 0.378 e. The molecule has 1 fully saturated rings.